The van der Waals surface area contributed by atoms with Gasteiger partial charge in [0, 0.05) is 19.3 Å². The van der Waals surface area contributed by atoms with Crippen LogP contribution in [0.5, 0.6) is 0 Å². The van der Waals surface area contributed by atoms with E-state index >= 15 is 0 Å². The van der Waals surface area contributed by atoms with Crippen molar-refractivity contribution in [3.63, 3.8) is 0 Å². The maximum absolute atomic E-state index is 8.61. The van der Waals surface area contributed by atoms with Crippen LogP contribution in [0.15, 0.2) is 12.3 Å². The monoisotopic (exact) mass is 220 g/mol. The highest BCUT2D eigenvalue weighted by Gasteiger charge is 1.97. The second kappa shape index (κ2) is 6.75. The fourth-order valence-corrected chi connectivity index (χ4v) is 1.12. The second-order valence-corrected chi connectivity index (χ2v) is 3.58. The standard InChI is InChI=1S/C11H16N4O/c1-9(2)16-7-3-5-13-10-4-6-14-11(8-12)15-10/h4,6,9H,3,5,7H2,1-2H3,(H,13,14,15). The number of nitrogens with zero attached hydrogens (tertiary/aromatic N) is 3. The van der Waals surface area contributed by atoms with Crippen LogP contribution in [0.3, 0.4) is 0 Å². The Morgan fingerprint density at radius 1 is 1.56 bits per heavy atom. The van der Waals surface area contributed by atoms with Gasteiger partial charge in [0.1, 0.15) is 11.9 Å². The Morgan fingerprint density at radius 3 is 3.06 bits per heavy atom. The van der Waals surface area contributed by atoms with Gasteiger partial charge in [-0.3, -0.25) is 0 Å². The molecule has 1 N–H and O–H groups in total. The molecule has 0 fully saturated rings. The second-order valence-electron chi connectivity index (χ2n) is 3.58. The molecule has 0 atom stereocenters. The van der Waals surface area contributed by atoms with E-state index in [9.17, 15) is 0 Å². The molecule has 0 spiro atoms. The Bertz CT molecular complexity index is 359. The summed E-state index contributed by atoms with van der Waals surface area (Å²) in [6.45, 7) is 5.52. The third-order valence-electron chi connectivity index (χ3n) is 1.83. The van der Waals surface area contributed by atoms with Crippen molar-refractivity contribution in [1.82, 2.24) is 9.97 Å². The number of hydrogen-bond donors (Lipinski definition) is 1. The summed E-state index contributed by atoms with van der Waals surface area (Å²) in [5.41, 5.74) is 0. The van der Waals surface area contributed by atoms with Crippen molar-refractivity contribution in [2.45, 2.75) is 26.4 Å². The van der Waals surface area contributed by atoms with Crippen molar-refractivity contribution >= 4 is 5.82 Å². The summed E-state index contributed by atoms with van der Waals surface area (Å²) in [4.78, 5) is 7.79. The molecule has 0 radical (unpaired) electrons. The molecule has 16 heavy (non-hydrogen) atoms. The Balaban J connectivity index is 2.24. The first kappa shape index (κ1) is 12.4. The molecule has 5 heteroatoms. The number of hydrogen-bond acceptors (Lipinski definition) is 5. The van der Waals surface area contributed by atoms with Gasteiger partial charge in [0.2, 0.25) is 5.82 Å². The first-order chi connectivity index (χ1) is 7.72. The first-order valence-corrected chi connectivity index (χ1v) is 5.31. The van der Waals surface area contributed by atoms with Crippen molar-refractivity contribution in [3.05, 3.63) is 18.1 Å². The van der Waals surface area contributed by atoms with Gasteiger partial charge in [-0.25, -0.2) is 9.97 Å². The lowest BCUT2D eigenvalue weighted by atomic mass is 10.4. The number of rotatable bonds is 6. The minimum atomic E-state index is 0.184. The number of nitriles is 1. The molecule has 0 unspecified atom stereocenters. The summed E-state index contributed by atoms with van der Waals surface area (Å²) >= 11 is 0. The Hall–Kier alpha value is -1.67. The fraction of sp³-hybridized carbons (Fsp3) is 0.545. The lowest BCUT2D eigenvalue weighted by molar-refractivity contribution is 0.0787. The first-order valence-electron chi connectivity index (χ1n) is 5.31. The predicted octanol–water partition coefficient (Wildman–Crippen LogP) is 1.58. The van der Waals surface area contributed by atoms with Crippen LogP contribution >= 0.6 is 0 Å². The highest BCUT2D eigenvalue weighted by Crippen LogP contribution is 2.01. The molecule has 0 saturated heterocycles. The summed E-state index contributed by atoms with van der Waals surface area (Å²) in [6, 6.07) is 3.64. The molecule has 0 aliphatic heterocycles. The maximum atomic E-state index is 8.61. The van der Waals surface area contributed by atoms with Crippen LogP contribution in [0.4, 0.5) is 5.82 Å². The SMILES string of the molecule is CC(C)OCCCNc1ccnc(C#N)n1. The van der Waals surface area contributed by atoms with Crippen LogP contribution in [0, 0.1) is 11.3 Å². The third kappa shape index (κ3) is 4.71. The highest BCUT2D eigenvalue weighted by molar-refractivity contribution is 5.34. The highest BCUT2D eigenvalue weighted by atomic mass is 16.5. The zero-order valence-corrected chi connectivity index (χ0v) is 9.60. The van der Waals surface area contributed by atoms with Gasteiger partial charge in [0.05, 0.1) is 6.10 Å². The Morgan fingerprint density at radius 2 is 2.38 bits per heavy atom. The largest absolute Gasteiger partial charge is 0.379 e. The van der Waals surface area contributed by atoms with E-state index in [4.69, 9.17) is 10.00 Å². The zero-order valence-electron chi connectivity index (χ0n) is 9.60. The molecule has 1 heterocycles. The maximum Gasteiger partial charge on any atom is 0.234 e. The van der Waals surface area contributed by atoms with E-state index in [1.54, 1.807) is 12.3 Å². The van der Waals surface area contributed by atoms with Gasteiger partial charge in [-0.15, -0.1) is 0 Å². The molecule has 5 nitrogen and oxygen atoms in total. The summed E-state index contributed by atoms with van der Waals surface area (Å²) in [5.74, 6) is 0.861. The van der Waals surface area contributed by atoms with Crippen LogP contribution in [-0.4, -0.2) is 29.2 Å². The molecular formula is C11H16N4O. The van der Waals surface area contributed by atoms with E-state index < -0.39 is 0 Å². The lowest BCUT2D eigenvalue weighted by Gasteiger charge is -2.08. The van der Waals surface area contributed by atoms with Crippen molar-refractivity contribution < 1.29 is 4.74 Å². The van der Waals surface area contributed by atoms with Gasteiger partial charge in [-0.05, 0) is 26.3 Å². The third-order valence-corrected chi connectivity index (χ3v) is 1.83. The Kier molecular flexibility index (Phi) is 5.23. The molecule has 1 aromatic rings. The lowest BCUT2D eigenvalue weighted by Crippen LogP contribution is -2.10. The molecule has 0 bridgehead atoms. The molecule has 0 saturated carbocycles. The van der Waals surface area contributed by atoms with E-state index in [-0.39, 0.29) is 11.9 Å². The van der Waals surface area contributed by atoms with E-state index in [1.807, 2.05) is 19.9 Å². The normalized spacial score (nSPS) is 10.1. The van der Waals surface area contributed by atoms with Crippen LogP contribution in [0.2, 0.25) is 0 Å². The summed E-state index contributed by atoms with van der Waals surface area (Å²) in [6.07, 6.45) is 2.74. The number of ether oxygens (including phenoxy) is 1. The van der Waals surface area contributed by atoms with E-state index in [1.165, 1.54) is 0 Å². The smallest absolute Gasteiger partial charge is 0.234 e. The van der Waals surface area contributed by atoms with E-state index in [0.717, 1.165) is 19.6 Å². The van der Waals surface area contributed by atoms with Crippen LogP contribution in [0.25, 0.3) is 0 Å². The molecule has 0 amide bonds. The van der Waals surface area contributed by atoms with Gasteiger partial charge in [0.15, 0.2) is 0 Å². The van der Waals surface area contributed by atoms with E-state index in [2.05, 4.69) is 15.3 Å². The van der Waals surface area contributed by atoms with Crippen LogP contribution < -0.4 is 5.32 Å². The summed E-state index contributed by atoms with van der Waals surface area (Å²) in [5, 5.41) is 11.7. The molecule has 1 aromatic heterocycles. The van der Waals surface area contributed by atoms with E-state index in [0.29, 0.717) is 5.82 Å². The molecule has 86 valence electrons. The molecule has 0 aromatic carbocycles. The van der Waals surface area contributed by atoms with Crippen molar-refractivity contribution in [1.29, 1.82) is 5.26 Å². The van der Waals surface area contributed by atoms with Gasteiger partial charge in [-0.1, -0.05) is 0 Å². The summed E-state index contributed by atoms with van der Waals surface area (Å²) < 4.78 is 5.40. The average molecular weight is 220 g/mol. The van der Waals surface area contributed by atoms with Crippen LogP contribution in [-0.2, 0) is 4.74 Å². The number of aromatic nitrogens is 2. The van der Waals surface area contributed by atoms with Gasteiger partial charge in [0.25, 0.3) is 0 Å². The van der Waals surface area contributed by atoms with Crippen molar-refractivity contribution in [2.24, 2.45) is 0 Å². The molecule has 0 aliphatic carbocycles. The average Bonchev–Trinajstić information content (AvgIpc) is 2.28. The number of anilines is 1. The van der Waals surface area contributed by atoms with Crippen molar-refractivity contribution in [3.8, 4) is 6.07 Å². The topological polar surface area (TPSA) is 70.8 Å². The molecule has 1 rings (SSSR count). The predicted molar refractivity (Wildman–Crippen MR) is 60.9 cm³/mol. The quantitative estimate of drug-likeness (QED) is 0.737. The van der Waals surface area contributed by atoms with Crippen LogP contribution in [0.1, 0.15) is 26.1 Å². The van der Waals surface area contributed by atoms with Gasteiger partial charge >= 0.3 is 0 Å². The van der Waals surface area contributed by atoms with Gasteiger partial charge in [-0.2, -0.15) is 5.26 Å². The molecular weight excluding hydrogens is 204 g/mol. The van der Waals surface area contributed by atoms with Crippen molar-refractivity contribution in [2.75, 3.05) is 18.5 Å². The van der Waals surface area contributed by atoms with Gasteiger partial charge < -0.3 is 10.1 Å². The minimum Gasteiger partial charge on any atom is -0.379 e. The Labute approximate surface area is 95.5 Å². The minimum absolute atomic E-state index is 0.184. The molecule has 0 aliphatic rings. The number of nitrogens with one attached hydrogen (secondary N) is 1. The summed E-state index contributed by atoms with van der Waals surface area (Å²) in [7, 11) is 0. The fourth-order valence-electron chi connectivity index (χ4n) is 1.12. The zero-order chi connectivity index (χ0) is 11.8.